The topological polar surface area (TPSA) is 35.5 Å². The van der Waals surface area contributed by atoms with Crippen molar-refractivity contribution in [2.45, 2.75) is 18.7 Å². The van der Waals surface area contributed by atoms with Gasteiger partial charge in [0.2, 0.25) is 5.67 Å². The van der Waals surface area contributed by atoms with Gasteiger partial charge < -0.3 is 0 Å². The number of alkyl halides is 3. The number of hydrogen-bond donors (Lipinski definition) is 0. The van der Waals surface area contributed by atoms with E-state index in [0.717, 1.165) is 0 Å². The van der Waals surface area contributed by atoms with Crippen molar-refractivity contribution in [2.24, 2.45) is 0 Å². The van der Waals surface area contributed by atoms with Gasteiger partial charge in [-0.15, -0.1) is 4.20 Å². The molecular formula is C4H5F4O3P. The summed E-state index contributed by atoms with van der Waals surface area (Å²) in [6.07, 6.45) is -4.42. The van der Waals surface area contributed by atoms with Crippen molar-refractivity contribution in [3.63, 3.8) is 0 Å². The van der Waals surface area contributed by atoms with E-state index >= 15 is 0 Å². The van der Waals surface area contributed by atoms with Gasteiger partial charge in [-0.25, -0.2) is 13.5 Å². The van der Waals surface area contributed by atoms with Crippen LogP contribution in [0.4, 0.5) is 17.4 Å². The molecule has 1 fully saturated rings. The minimum Gasteiger partial charge on any atom is -0.280 e. The first-order valence-corrected chi connectivity index (χ1v) is 4.31. The molecule has 1 aliphatic rings. The molecule has 0 aromatic rings. The molecule has 12 heavy (non-hydrogen) atoms. The molecule has 0 amide bonds. The Hall–Kier alpha value is -0.130. The molecule has 0 spiro atoms. The largest absolute Gasteiger partial charge is 0.518 e. The lowest BCUT2D eigenvalue weighted by Gasteiger charge is -2.33. The summed E-state index contributed by atoms with van der Waals surface area (Å²) in [6, 6.07) is 0. The maximum absolute atomic E-state index is 12.7. The van der Waals surface area contributed by atoms with Crippen molar-refractivity contribution < 1.29 is 31.0 Å². The predicted molar refractivity (Wildman–Crippen MR) is 30.2 cm³/mol. The summed E-state index contributed by atoms with van der Waals surface area (Å²) in [5, 5.41) is 0. The molecule has 1 rings (SSSR count). The van der Waals surface area contributed by atoms with Gasteiger partial charge in [-0.2, -0.15) is 8.78 Å². The molecule has 1 saturated heterocycles. The first-order chi connectivity index (χ1) is 5.16. The molecule has 1 aliphatic heterocycles. The van der Waals surface area contributed by atoms with Crippen molar-refractivity contribution in [2.75, 3.05) is 6.61 Å². The molecule has 2 atom stereocenters. The zero-order chi connectivity index (χ0) is 9.62. The van der Waals surface area contributed by atoms with E-state index < -0.39 is 26.3 Å². The van der Waals surface area contributed by atoms with Crippen LogP contribution in [0.2, 0.25) is 0 Å². The average Bonchev–Trinajstić information content (AvgIpc) is 1.79. The maximum Gasteiger partial charge on any atom is 0.518 e. The second kappa shape index (κ2) is 2.43. The Morgan fingerprint density at radius 1 is 1.42 bits per heavy atom. The van der Waals surface area contributed by atoms with E-state index in [-0.39, 0.29) is 0 Å². The van der Waals surface area contributed by atoms with Gasteiger partial charge in [-0.05, 0) is 6.92 Å². The van der Waals surface area contributed by atoms with E-state index in [9.17, 15) is 21.9 Å². The van der Waals surface area contributed by atoms with Crippen LogP contribution in [0.3, 0.4) is 0 Å². The zero-order valence-electron chi connectivity index (χ0n) is 5.89. The van der Waals surface area contributed by atoms with Crippen molar-refractivity contribution in [1.29, 1.82) is 0 Å². The van der Waals surface area contributed by atoms with E-state index in [4.69, 9.17) is 0 Å². The lowest BCUT2D eigenvalue weighted by atomic mass is 10.1. The molecule has 0 N–H and O–H groups in total. The summed E-state index contributed by atoms with van der Waals surface area (Å²) >= 11 is 0. The number of halogens is 4. The third-order valence-corrected chi connectivity index (χ3v) is 2.21. The average molecular weight is 208 g/mol. The minimum atomic E-state index is -5.28. The zero-order valence-corrected chi connectivity index (χ0v) is 6.79. The molecule has 0 aliphatic carbocycles. The first kappa shape index (κ1) is 9.95. The van der Waals surface area contributed by atoms with Gasteiger partial charge in [0.25, 0.3) is 0 Å². The summed E-state index contributed by atoms with van der Waals surface area (Å²) in [7, 11) is -5.28. The van der Waals surface area contributed by atoms with Gasteiger partial charge in [-0.1, -0.05) is 0 Å². The molecule has 72 valence electrons. The number of hydrogen-bond acceptors (Lipinski definition) is 3. The van der Waals surface area contributed by atoms with Gasteiger partial charge in [0.15, 0.2) is 0 Å². The Morgan fingerprint density at radius 2 is 1.92 bits per heavy atom. The second-order valence-corrected chi connectivity index (χ2v) is 3.81. The molecular weight excluding hydrogens is 203 g/mol. The highest BCUT2D eigenvalue weighted by atomic mass is 31.2. The minimum absolute atomic E-state index is 0.464. The van der Waals surface area contributed by atoms with Crippen LogP contribution >= 0.6 is 7.91 Å². The van der Waals surface area contributed by atoms with Crippen molar-refractivity contribution >= 4 is 7.91 Å². The van der Waals surface area contributed by atoms with E-state index in [1.54, 1.807) is 0 Å². The monoisotopic (exact) mass is 208 g/mol. The Bertz CT molecular complexity index is 240. The van der Waals surface area contributed by atoms with E-state index in [1.165, 1.54) is 0 Å². The summed E-state index contributed by atoms with van der Waals surface area (Å²) in [5.41, 5.74) is -3.16. The molecule has 0 aromatic carbocycles. The lowest BCUT2D eigenvalue weighted by Crippen LogP contribution is -2.49. The molecule has 1 heterocycles. The smallest absolute Gasteiger partial charge is 0.280 e. The summed E-state index contributed by atoms with van der Waals surface area (Å²) in [6.45, 7) is -0.833. The van der Waals surface area contributed by atoms with Crippen molar-refractivity contribution in [3.8, 4) is 0 Å². The SMILES string of the molecule is CC1(F)COP(=O)(F)OC1(F)F. The molecule has 2 unspecified atom stereocenters. The Morgan fingerprint density at radius 3 is 2.25 bits per heavy atom. The number of rotatable bonds is 0. The first-order valence-electron chi connectivity index (χ1n) is 2.88. The van der Waals surface area contributed by atoms with Gasteiger partial charge in [-0.3, -0.25) is 4.52 Å². The Kier molecular flexibility index (Phi) is 2.02. The predicted octanol–water partition coefficient (Wildman–Crippen LogP) is 2.43. The van der Waals surface area contributed by atoms with Crippen molar-refractivity contribution in [3.05, 3.63) is 0 Å². The van der Waals surface area contributed by atoms with E-state index in [1.807, 2.05) is 0 Å². The maximum atomic E-state index is 12.7. The van der Waals surface area contributed by atoms with E-state index in [0.29, 0.717) is 6.92 Å². The Labute approximate surface area is 65.3 Å². The molecule has 3 nitrogen and oxygen atoms in total. The standard InChI is InChI=1S/C4H5F4O3P/c1-3(5)2-10-12(8,9)11-4(3,6)7/h2H2,1H3. The highest BCUT2D eigenvalue weighted by molar-refractivity contribution is 7.48. The highest BCUT2D eigenvalue weighted by Gasteiger charge is 2.62. The van der Waals surface area contributed by atoms with Gasteiger partial charge >= 0.3 is 14.0 Å². The van der Waals surface area contributed by atoms with Crippen LogP contribution in [0.15, 0.2) is 0 Å². The van der Waals surface area contributed by atoms with Gasteiger partial charge in [0.1, 0.15) is 6.61 Å². The third-order valence-electron chi connectivity index (χ3n) is 1.32. The Balaban J connectivity index is 2.89. The molecule has 0 bridgehead atoms. The summed E-state index contributed by atoms with van der Waals surface area (Å²) < 4.78 is 66.5. The van der Waals surface area contributed by atoms with Crippen LogP contribution in [-0.4, -0.2) is 18.4 Å². The second-order valence-electron chi connectivity index (χ2n) is 2.51. The molecule has 0 radical (unpaired) electrons. The fourth-order valence-corrected chi connectivity index (χ4v) is 1.45. The van der Waals surface area contributed by atoms with Crippen LogP contribution < -0.4 is 0 Å². The summed E-state index contributed by atoms with van der Waals surface area (Å²) in [4.78, 5) is 0. The van der Waals surface area contributed by atoms with Crippen LogP contribution in [0.1, 0.15) is 6.92 Å². The fraction of sp³-hybridized carbons (Fsp3) is 1.00. The lowest BCUT2D eigenvalue weighted by molar-refractivity contribution is -0.289. The molecule has 0 saturated carbocycles. The van der Waals surface area contributed by atoms with Gasteiger partial charge in [0, 0.05) is 0 Å². The van der Waals surface area contributed by atoms with E-state index in [2.05, 4.69) is 9.05 Å². The quantitative estimate of drug-likeness (QED) is 0.453. The summed E-state index contributed by atoms with van der Waals surface area (Å²) in [5.74, 6) is 0. The van der Waals surface area contributed by atoms with Crippen molar-refractivity contribution in [1.82, 2.24) is 0 Å². The fourth-order valence-electron chi connectivity index (χ4n) is 0.541. The van der Waals surface area contributed by atoms with Crippen LogP contribution in [0, 0.1) is 0 Å². The highest BCUT2D eigenvalue weighted by Crippen LogP contribution is 2.60. The normalized spacial score (nSPS) is 47.4. The van der Waals surface area contributed by atoms with Crippen LogP contribution in [0.5, 0.6) is 0 Å². The molecule has 8 heteroatoms. The van der Waals surface area contributed by atoms with Gasteiger partial charge in [0.05, 0.1) is 0 Å². The van der Waals surface area contributed by atoms with Crippen LogP contribution in [0.25, 0.3) is 0 Å². The molecule has 0 aromatic heterocycles. The third kappa shape index (κ3) is 1.62. The van der Waals surface area contributed by atoms with Crippen LogP contribution in [-0.2, 0) is 13.6 Å².